The molecule has 6 nitrogen and oxygen atoms in total. The fourth-order valence-electron chi connectivity index (χ4n) is 2.25. The van der Waals surface area contributed by atoms with Crippen molar-refractivity contribution in [1.82, 2.24) is 4.72 Å². The smallest absolute Gasteiger partial charge is 0.338 e. The molecule has 0 atom stereocenters. The molecule has 3 rings (SSSR count). The third kappa shape index (κ3) is 5.18. The predicted octanol–water partition coefficient (Wildman–Crippen LogP) is 3.16. The van der Waals surface area contributed by atoms with Crippen LogP contribution in [0, 0.1) is 5.82 Å². The predicted molar refractivity (Wildman–Crippen MR) is 97.0 cm³/mol. The summed E-state index contributed by atoms with van der Waals surface area (Å²) in [6.07, 6.45) is 1.56. The monoisotopic (exact) mass is 413 g/mol. The highest BCUT2D eigenvalue weighted by Gasteiger charge is 2.29. The van der Waals surface area contributed by atoms with Crippen LogP contribution in [-0.4, -0.2) is 33.6 Å². The molecule has 1 aliphatic rings. The molecular weight excluding hydrogens is 397 g/mol. The summed E-state index contributed by atoms with van der Waals surface area (Å²) in [5, 5.41) is 0.0163. The van der Waals surface area contributed by atoms with Crippen LogP contribution in [0.5, 0.6) is 5.75 Å². The van der Waals surface area contributed by atoms with Crippen LogP contribution in [0.3, 0.4) is 0 Å². The van der Waals surface area contributed by atoms with Crippen LogP contribution < -0.4 is 9.46 Å². The zero-order chi connectivity index (χ0) is 19.4. The minimum Gasteiger partial charge on any atom is -0.487 e. The van der Waals surface area contributed by atoms with Crippen molar-refractivity contribution in [3.63, 3.8) is 0 Å². The first-order valence-corrected chi connectivity index (χ1v) is 10.1. The normalized spacial score (nSPS) is 14.0. The maximum Gasteiger partial charge on any atom is 0.338 e. The number of halogens is 2. The second-order valence-corrected chi connectivity index (χ2v) is 8.05. The second kappa shape index (κ2) is 8.24. The molecule has 2 aromatic carbocycles. The van der Waals surface area contributed by atoms with Crippen LogP contribution >= 0.6 is 11.6 Å². The van der Waals surface area contributed by atoms with Gasteiger partial charge in [-0.15, -0.1) is 0 Å². The van der Waals surface area contributed by atoms with Crippen molar-refractivity contribution in [3.8, 4) is 5.75 Å². The number of hydrogen-bond acceptors (Lipinski definition) is 5. The molecule has 1 aliphatic carbocycles. The molecule has 0 bridgehead atoms. The molecule has 9 heteroatoms. The molecular formula is C18H17ClFNO5S. The number of ether oxygens (including phenoxy) is 2. The topological polar surface area (TPSA) is 81.7 Å². The third-order valence-corrected chi connectivity index (χ3v) is 5.77. The molecule has 1 N–H and O–H groups in total. The number of sulfonamides is 1. The molecule has 0 aromatic heterocycles. The molecule has 1 saturated carbocycles. The van der Waals surface area contributed by atoms with E-state index in [1.165, 1.54) is 36.4 Å². The summed E-state index contributed by atoms with van der Waals surface area (Å²) in [7, 11) is -3.81. The zero-order valence-corrected chi connectivity index (χ0v) is 15.7. The Morgan fingerprint density at radius 2 is 1.93 bits per heavy atom. The minimum absolute atomic E-state index is 0.0163. The lowest BCUT2D eigenvalue weighted by molar-refractivity contribution is 0.0448. The summed E-state index contributed by atoms with van der Waals surface area (Å²) in [6, 6.07) is 9.66. The van der Waals surface area contributed by atoms with E-state index in [-0.39, 0.29) is 40.5 Å². The van der Waals surface area contributed by atoms with Crippen molar-refractivity contribution >= 4 is 27.6 Å². The molecule has 0 unspecified atom stereocenters. The summed E-state index contributed by atoms with van der Waals surface area (Å²) < 4.78 is 50.8. The first-order chi connectivity index (χ1) is 12.9. The standard InChI is InChI=1S/C18H17ClFNO5S/c19-14-8-5-12(11-17(14)27(23,24)21-13-6-7-13)18(22)26-10-9-25-16-4-2-1-3-15(16)20/h1-5,8,11,13,21H,6-7,9-10H2. The summed E-state index contributed by atoms with van der Waals surface area (Å²) in [4.78, 5) is 12.0. The molecule has 2 aromatic rings. The molecule has 1 fully saturated rings. The number of nitrogens with one attached hydrogen (secondary N) is 1. The maximum absolute atomic E-state index is 13.4. The average molecular weight is 414 g/mol. The van der Waals surface area contributed by atoms with Crippen LogP contribution in [0.15, 0.2) is 47.4 Å². The van der Waals surface area contributed by atoms with Gasteiger partial charge in [0.15, 0.2) is 11.6 Å². The van der Waals surface area contributed by atoms with Crippen molar-refractivity contribution in [2.24, 2.45) is 0 Å². The first kappa shape index (κ1) is 19.6. The van der Waals surface area contributed by atoms with Crippen LogP contribution in [0.4, 0.5) is 4.39 Å². The van der Waals surface area contributed by atoms with E-state index in [0.717, 1.165) is 12.8 Å². The van der Waals surface area contributed by atoms with Crippen molar-refractivity contribution in [2.45, 2.75) is 23.8 Å². The van der Waals surface area contributed by atoms with Gasteiger partial charge in [0.05, 0.1) is 10.6 Å². The van der Waals surface area contributed by atoms with Crippen LogP contribution in [0.1, 0.15) is 23.2 Å². The van der Waals surface area contributed by atoms with Crippen molar-refractivity contribution in [3.05, 3.63) is 58.9 Å². The van der Waals surface area contributed by atoms with Gasteiger partial charge in [-0.05, 0) is 43.2 Å². The molecule has 0 saturated heterocycles. The Balaban J connectivity index is 1.60. The third-order valence-electron chi connectivity index (χ3n) is 3.77. The van der Waals surface area contributed by atoms with Gasteiger partial charge in [0.1, 0.15) is 18.1 Å². The number of benzene rings is 2. The van der Waals surface area contributed by atoms with E-state index in [9.17, 15) is 17.6 Å². The Hall–Kier alpha value is -2.16. The zero-order valence-electron chi connectivity index (χ0n) is 14.2. The van der Waals surface area contributed by atoms with Crippen LogP contribution in [0.25, 0.3) is 0 Å². The van der Waals surface area contributed by atoms with E-state index in [2.05, 4.69) is 4.72 Å². The second-order valence-electron chi connectivity index (χ2n) is 5.96. The van der Waals surface area contributed by atoms with E-state index < -0.39 is 21.8 Å². The number of esters is 1. The molecule has 144 valence electrons. The Bertz CT molecular complexity index is 947. The Morgan fingerprint density at radius 1 is 1.19 bits per heavy atom. The SMILES string of the molecule is O=C(OCCOc1ccccc1F)c1ccc(Cl)c(S(=O)(=O)NC2CC2)c1. The van der Waals surface area contributed by atoms with Gasteiger partial charge in [0.2, 0.25) is 10.0 Å². The van der Waals surface area contributed by atoms with Gasteiger partial charge in [0, 0.05) is 6.04 Å². The first-order valence-electron chi connectivity index (χ1n) is 8.23. The summed E-state index contributed by atoms with van der Waals surface area (Å²) in [5.41, 5.74) is 0.0430. The number of carbonyl (C=O) groups excluding carboxylic acids is 1. The van der Waals surface area contributed by atoms with Gasteiger partial charge >= 0.3 is 5.97 Å². The lowest BCUT2D eigenvalue weighted by Crippen LogP contribution is -2.26. The summed E-state index contributed by atoms with van der Waals surface area (Å²) in [5.74, 6) is -1.19. The van der Waals surface area contributed by atoms with Gasteiger partial charge in [-0.1, -0.05) is 23.7 Å². The van der Waals surface area contributed by atoms with E-state index in [4.69, 9.17) is 21.1 Å². The van der Waals surface area contributed by atoms with E-state index >= 15 is 0 Å². The summed E-state index contributed by atoms with van der Waals surface area (Å²) in [6.45, 7) is -0.174. The Labute approximate surface area is 161 Å². The van der Waals surface area contributed by atoms with E-state index in [1.54, 1.807) is 6.07 Å². The molecule has 0 spiro atoms. The number of hydrogen-bond donors (Lipinski definition) is 1. The lowest BCUT2D eigenvalue weighted by atomic mass is 10.2. The van der Waals surface area contributed by atoms with Gasteiger partial charge in [-0.2, -0.15) is 0 Å². The largest absolute Gasteiger partial charge is 0.487 e. The highest BCUT2D eigenvalue weighted by Crippen LogP contribution is 2.27. The highest BCUT2D eigenvalue weighted by atomic mass is 35.5. The van der Waals surface area contributed by atoms with E-state index in [1.807, 2.05) is 0 Å². The molecule has 0 aliphatic heterocycles. The quantitative estimate of drug-likeness (QED) is 0.531. The Morgan fingerprint density at radius 3 is 2.63 bits per heavy atom. The molecule has 0 radical (unpaired) electrons. The van der Waals surface area contributed by atoms with Crippen LogP contribution in [-0.2, 0) is 14.8 Å². The fourth-order valence-corrected chi connectivity index (χ4v) is 4.08. The molecule has 0 heterocycles. The van der Waals surface area contributed by atoms with Crippen molar-refractivity contribution < 1.29 is 27.1 Å². The number of para-hydroxylation sites is 1. The van der Waals surface area contributed by atoms with Gasteiger partial charge in [-0.25, -0.2) is 22.3 Å². The van der Waals surface area contributed by atoms with Crippen molar-refractivity contribution in [1.29, 1.82) is 0 Å². The summed E-state index contributed by atoms with van der Waals surface area (Å²) >= 11 is 5.97. The van der Waals surface area contributed by atoms with Crippen LogP contribution in [0.2, 0.25) is 5.02 Å². The average Bonchev–Trinajstić information content (AvgIpc) is 3.43. The Kier molecular flexibility index (Phi) is 5.98. The van der Waals surface area contributed by atoms with E-state index in [0.29, 0.717) is 0 Å². The maximum atomic E-state index is 13.4. The number of carbonyl (C=O) groups is 1. The lowest BCUT2D eigenvalue weighted by Gasteiger charge is -2.10. The van der Waals surface area contributed by atoms with Gasteiger partial charge in [-0.3, -0.25) is 0 Å². The number of rotatable bonds is 8. The van der Waals surface area contributed by atoms with Gasteiger partial charge < -0.3 is 9.47 Å². The fraction of sp³-hybridized carbons (Fsp3) is 0.278. The van der Waals surface area contributed by atoms with Crippen molar-refractivity contribution in [2.75, 3.05) is 13.2 Å². The minimum atomic E-state index is -3.81. The highest BCUT2D eigenvalue weighted by molar-refractivity contribution is 7.89. The molecule has 27 heavy (non-hydrogen) atoms. The molecule has 0 amide bonds. The van der Waals surface area contributed by atoms with Gasteiger partial charge in [0.25, 0.3) is 0 Å².